The van der Waals surface area contributed by atoms with Crippen LogP contribution in [0.5, 0.6) is 0 Å². The van der Waals surface area contributed by atoms with E-state index in [1.807, 2.05) is 0 Å². The minimum absolute atomic E-state index is 0.0601. The normalized spacial score (nSPS) is 25.6. The highest BCUT2D eigenvalue weighted by Gasteiger charge is 2.38. The van der Waals surface area contributed by atoms with E-state index in [0.29, 0.717) is 0 Å². The van der Waals surface area contributed by atoms with E-state index in [0.717, 1.165) is 0 Å². The molecule has 2 atom stereocenters. The van der Waals surface area contributed by atoms with E-state index in [1.54, 1.807) is 4.72 Å². The molecular weight excluding hydrogens is 274 g/mol. The van der Waals surface area contributed by atoms with E-state index in [9.17, 15) is 21.6 Å². The Balaban J connectivity index is 2.80. The third-order valence-corrected chi connectivity index (χ3v) is 6.29. The summed E-state index contributed by atoms with van der Waals surface area (Å²) in [6.07, 6.45) is -0.0601. The predicted octanol–water partition coefficient (Wildman–Crippen LogP) is -2.46. The van der Waals surface area contributed by atoms with Gasteiger partial charge in [-0.3, -0.25) is 4.79 Å². The van der Waals surface area contributed by atoms with E-state index in [4.69, 9.17) is 10.2 Å². The Bertz CT molecular complexity index is 494. The predicted molar refractivity (Wildman–Crippen MR) is 57.6 cm³/mol. The second-order valence-corrected chi connectivity index (χ2v) is 7.98. The molecule has 1 heterocycles. The average molecular weight is 287 g/mol. The summed E-state index contributed by atoms with van der Waals surface area (Å²) in [4.78, 5) is 10.5. The molecule has 3 N–H and O–H groups in total. The number of sulfone groups is 1. The number of rotatable bonds is 5. The molecule has 1 rings (SSSR count). The maximum absolute atomic E-state index is 11.6. The van der Waals surface area contributed by atoms with Gasteiger partial charge >= 0.3 is 5.97 Å². The van der Waals surface area contributed by atoms with E-state index in [-0.39, 0.29) is 12.2 Å². The fraction of sp³-hybridized carbons (Fsp3) is 0.857. The zero-order valence-electron chi connectivity index (χ0n) is 8.74. The van der Waals surface area contributed by atoms with E-state index in [2.05, 4.69) is 0 Å². The van der Waals surface area contributed by atoms with Crippen LogP contribution in [0.15, 0.2) is 0 Å². The van der Waals surface area contributed by atoms with Crippen molar-refractivity contribution in [3.63, 3.8) is 0 Å². The molecule has 1 unspecified atom stereocenters. The maximum atomic E-state index is 11.6. The summed E-state index contributed by atoms with van der Waals surface area (Å²) in [6.45, 7) is -0.895. The minimum Gasteiger partial charge on any atom is -0.480 e. The van der Waals surface area contributed by atoms with E-state index < -0.39 is 49.5 Å². The number of aliphatic hydroxyl groups excluding tert-OH is 1. The van der Waals surface area contributed by atoms with Crippen LogP contribution in [0, 0.1) is 0 Å². The second kappa shape index (κ2) is 4.88. The smallest absolute Gasteiger partial charge is 0.324 e. The number of carboxylic acid groups (broad SMARTS) is 1. The van der Waals surface area contributed by atoms with Crippen LogP contribution in [0.25, 0.3) is 0 Å². The van der Waals surface area contributed by atoms with Gasteiger partial charge in [0.1, 0.15) is 6.04 Å². The zero-order valence-corrected chi connectivity index (χ0v) is 10.4. The molecule has 10 heteroatoms. The third kappa shape index (κ3) is 3.63. The molecule has 1 saturated heterocycles. The van der Waals surface area contributed by atoms with Crippen molar-refractivity contribution in [1.29, 1.82) is 0 Å². The number of aliphatic hydroxyl groups is 1. The van der Waals surface area contributed by atoms with Crippen LogP contribution in [0.4, 0.5) is 0 Å². The molecule has 0 saturated carbocycles. The fourth-order valence-corrected chi connectivity index (χ4v) is 5.69. The number of hydrogen-bond donors (Lipinski definition) is 3. The SMILES string of the molecule is O=C(O)[C@H](CO)NS(=O)(=O)C1CCS(=O)(=O)C1. The first kappa shape index (κ1) is 14.4. The van der Waals surface area contributed by atoms with Gasteiger partial charge in [-0.1, -0.05) is 0 Å². The van der Waals surface area contributed by atoms with Crippen molar-refractivity contribution in [2.45, 2.75) is 17.7 Å². The molecule has 1 fully saturated rings. The molecule has 1 aliphatic rings. The van der Waals surface area contributed by atoms with E-state index >= 15 is 0 Å². The van der Waals surface area contributed by atoms with Crippen molar-refractivity contribution in [2.75, 3.05) is 18.1 Å². The molecule has 0 radical (unpaired) electrons. The first-order chi connectivity index (χ1) is 7.68. The van der Waals surface area contributed by atoms with Crippen LogP contribution in [0.1, 0.15) is 6.42 Å². The molecule has 0 aliphatic carbocycles. The summed E-state index contributed by atoms with van der Waals surface area (Å²) >= 11 is 0. The lowest BCUT2D eigenvalue weighted by Crippen LogP contribution is -2.47. The van der Waals surface area contributed by atoms with Crippen molar-refractivity contribution in [1.82, 2.24) is 4.72 Å². The Kier molecular flexibility index (Phi) is 4.12. The van der Waals surface area contributed by atoms with Gasteiger partial charge < -0.3 is 10.2 Å². The number of aliphatic carboxylic acids is 1. The first-order valence-corrected chi connectivity index (χ1v) is 8.10. The zero-order chi connectivity index (χ0) is 13.3. The number of carbonyl (C=O) groups is 1. The monoisotopic (exact) mass is 287 g/mol. The summed E-state index contributed by atoms with van der Waals surface area (Å²) in [6, 6.07) is -1.65. The number of hydrogen-bond acceptors (Lipinski definition) is 6. The van der Waals surface area contributed by atoms with Gasteiger partial charge in [-0.25, -0.2) is 16.8 Å². The van der Waals surface area contributed by atoms with E-state index in [1.165, 1.54) is 0 Å². The summed E-state index contributed by atoms with van der Waals surface area (Å²) < 4.78 is 47.3. The van der Waals surface area contributed by atoms with Crippen LogP contribution in [0.3, 0.4) is 0 Å². The molecule has 0 aromatic rings. The van der Waals surface area contributed by atoms with Crippen molar-refractivity contribution in [3.8, 4) is 0 Å². The lowest BCUT2D eigenvalue weighted by molar-refractivity contribution is -0.139. The minimum atomic E-state index is -4.06. The number of nitrogens with one attached hydrogen (secondary N) is 1. The van der Waals surface area contributed by atoms with Gasteiger partial charge in [-0.05, 0) is 6.42 Å². The van der Waals surface area contributed by atoms with Gasteiger partial charge in [0.2, 0.25) is 10.0 Å². The summed E-state index contributed by atoms with van der Waals surface area (Å²) in [5, 5.41) is 16.1. The lowest BCUT2D eigenvalue weighted by Gasteiger charge is -2.15. The Hall–Kier alpha value is -0.710. The molecule has 0 aromatic carbocycles. The molecule has 100 valence electrons. The van der Waals surface area contributed by atoms with Gasteiger partial charge in [0, 0.05) is 0 Å². The third-order valence-electron chi connectivity index (χ3n) is 2.42. The highest BCUT2D eigenvalue weighted by molar-refractivity contribution is 7.95. The fourth-order valence-electron chi connectivity index (χ4n) is 1.47. The second-order valence-electron chi connectivity index (χ2n) is 3.76. The summed E-state index contributed by atoms with van der Waals surface area (Å²) in [7, 11) is -7.43. The van der Waals surface area contributed by atoms with Crippen LogP contribution in [0.2, 0.25) is 0 Å². The van der Waals surface area contributed by atoms with Gasteiger partial charge in [0.25, 0.3) is 0 Å². The van der Waals surface area contributed by atoms with Crippen molar-refractivity contribution in [2.24, 2.45) is 0 Å². The van der Waals surface area contributed by atoms with Crippen molar-refractivity contribution >= 4 is 25.8 Å². The Morgan fingerprint density at radius 2 is 2.06 bits per heavy atom. The van der Waals surface area contributed by atoms with Gasteiger partial charge in [0.15, 0.2) is 9.84 Å². The lowest BCUT2D eigenvalue weighted by atomic mass is 10.3. The van der Waals surface area contributed by atoms with Crippen LogP contribution < -0.4 is 4.72 Å². The molecule has 0 bridgehead atoms. The molecular formula is C7H13NO7S2. The number of carboxylic acids is 1. The Morgan fingerprint density at radius 3 is 2.41 bits per heavy atom. The summed E-state index contributed by atoms with van der Waals surface area (Å²) in [5.41, 5.74) is 0. The van der Waals surface area contributed by atoms with Crippen molar-refractivity contribution < 1.29 is 31.8 Å². The van der Waals surface area contributed by atoms with Crippen LogP contribution in [-0.2, 0) is 24.7 Å². The molecule has 0 spiro atoms. The average Bonchev–Trinajstić information content (AvgIpc) is 2.55. The largest absolute Gasteiger partial charge is 0.480 e. The number of sulfonamides is 1. The highest BCUT2D eigenvalue weighted by Crippen LogP contribution is 2.18. The van der Waals surface area contributed by atoms with Gasteiger partial charge in [0.05, 0.1) is 23.4 Å². The first-order valence-electron chi connectivity index (χ1n) is 4.73. The topological polar surface area (TPSA) is 138 Å². The molecule has 17 heavy (non-hydrogen) atoms. The molecule has 0 amide bonds. The Labute approximate surface area is 98.6 Å². The molecule has 1 aliphatic heterocycles. The quantitative estimate of drug-likeness (QED) is 0.509. The van der Waals surface area contributed by atoms with Gasteiger partial charge in [-0.2, -0.15) is 4.72 Å². The highest BCUT2D eigenvalue weighted by atomic mass is 32.2. The molecule has 0 aromatic heterocycles. The van der Waals surface area contributed by atoms with Crippen LogP contribution >= 0.6 is 0 Å². The molecule has 8 nitrogen and oxygen atoms in total. The van der Waals surface area contributed by atoms with Crippen LogP contribution in [-0.4, -0.2) is 62.4 Å². The Morgan fingerprint density at radius 1 is 1.47 bits per heavy atom. The van der Waals surface area contributed by atoms with Crippen molar-refractivity contribution in [3.05, 3.63) is 0 Å². The summed E-state index contributed by atoms with van der Waals surface area (Å²) in [5.74, 6) is -2.26. The van der Waals surface area contributed by atoms with Gasteiger partial charge in [-0.15, -0.1) is 0 Å². The standard InChI is InChI=1S/C7H13NO7S2/c9-3-6(7(10)11)8-17(14,15)5-1-2-16(12,13)4-5/h5-6,8-9H,1-4H2,(H,10,11)/t5?,6-/m0/s1. The maximum Gasteiger partial charge on any atom is 0.324 e.